The molecule has 2 heterocycles. The standard InChI is InChI=1S/C59H55N3O/c1-37-29-39(3)56(63)51(30-37)57-61-55-48(21-16-22-53(55)62(57)54-36-49(41-17-12-10-13-18-41)38(2)31-50(54)42-19-14-11-15-20-42)44-32-45(34-47(33-44)59(7,8)9)52-35-43(27-28-60-52)40-23-25-46(26-24-40)58(4,5)6/h10-36,63H,1-9H3/i2D3. The lowest BCUT2D eigenvalue weighted by molar-refractivity contribution is 0.472. The van der Waals surface area contributed by atoms with Crippen molar-refractivity contribution < 1.29 is 9.22 Å². The van der Waals surface area contributed by atoms with Crippen molar-refractivity contribution in [2.75, 3.05) is 0 Å². The number of imidazole rings is 1. The van der Waals surface area contributed by atoms with Crippen LogP contribution >= 0.6 is 0 Å². The lowest BCUT2D eigenvalue weighted by atomic mass is 9.83. The van der Waals surface area contributed by atoms with Crippen molar-refractivity contribution in [3.8, 4) is 78.6 Å². The maximum atomic E-state index is 11.9. The summed E-state index contributed by atoms with van der Waals surface area (Å²) in [7, 11) is 0. The molecule has 0 unspecified atom stereocenters. The number of nitrogens with zero attached hydrogens (tertiary/aromatic N) is 3. The maximum Gasteiger partial charge on any atom is 0.149 e. The van der Waals surface area contributed by atoms with Gasteiger partial charge in [0.05, 0.1) is 28.0 Å². The van der Waals surface area contributed by atoms with Crippen LogP contribution in [0.2, 0.25) is 0 Å². The van der Waals surface area contributed by atoms with Gasteiger partial charge in [-0.2, -0.15) is 0 Å². The molecule has 4 nitrogen and oxygen atoms in total. The lowest BCUT2D eigenvalue weighted by Crippen LogP contribution is -2.11. The summed E-state index contributed by atoms with van der Waals surface area (Å²) >= 11 is 0. The molecule has 0 bridgehead atoms. The average Bonchev–Trinajstić information content (AvgIpc) is 3.69. The summed E-state index contributed by atoms with van der Waals surface area (Å²) in [6.45, 7) is 14.9. The van der Waals surface area contributed by atoms with Crippen LogP contribution in [0.1, 0.15) is 73.5 Å². The highest BCUT2D eigenvalue weighted by Gasteiger charge is 2.25. The van der Waals surface area contributed by atoms with Crippen molar-refractivity contribution in [3.63, 3.8) is 0 Å². The molecule has 312 valence electrons. The van der Waals surface area contributed by atoms with Crippen molar-refractivity contribution >= 4 is 11.0 Å². The fourth-order valence-corrected chi connectivity index (χ4v) is 8.66. The Bertz CT molecular complexity index is 3260. The number of aromatic hydroxyl groups is 1. The average molecular weight is 825 g/mol. The van der Waals surface area contributed by atoms with Crippen molar-refractivity contribution in [1.29, 1.82) is 0 Å². The molecule has 63 heavy (non-hydrogen) atoms. The summed E-state index contributed by atoms with van der Waals surface area (Å²) in [5.41, 5.74) is 16.1. The number of aromatic nitrogens is 3. The van der Waals surface area contributed by atoms with Crippen LogP contribution in [0.5, 0.6) is 5.75 Å². The number of hydrogen-bond donors (Lipinski definition) is 1. The highest BCUT2D eigenvalue weighted by atomic mass is 16.3. The molecule has 2 aromatic heterocycles. The van der Waals surface area contributed by atoms with Gasteiger partial charge in [0.15, 0.2) is 0 Å². The normalized spacial score (nSPS) is 12.9. The minimum Gasteiger partial charge on any atom is -0.507 e. The van der Waals surface area contributed by atoms with Crippen LogP contribution in [0, 0.1) is 20.7 Å². The van der Waals surface area contributed by atoms with Crippen LogP contribution in [0.15, 0.2) is 164 Å². The van der Waals surface area contributed by atoms with Gasteiger partial charge < -0.3 is 5.11 Å². The first-order valence-corrected chi connectivity index (χ1v) is 21.7. The first kappa shape index (κ1) is 37.7. The van der Waals surface area contributed by atoms with Gasteiger partial charge in [-0.15, -0.1) is 0 Å². The van der Waals surface area contributed by atoms with Crippen molar-refractivity contribution in [3.05, 3.63) is 192 Å². The third kappa shape index (κ3) is 7.98. The summed E-state index contributed by atoms with van der Waals surface area (Å²) in [6.07, 6.45) is 1.89. The fourth-order valence-electron chi connectivity index (χ4n) is 8.66. The van der Waals surface area contributed by atoms with Gasteiger partial charge in [-0.25, -0.2) is 4.98 Å². The van der Waals surface area contributed by atoms with Gasteiger partial charge in [0.1, 0.15) is 11.6 Å². The summed E-state index contributed by atoms with van der Waals surface area (Å²) in [5.74, 6) is 0.678. The maximum absolute atomic E-state index is 11.9. The molecule has 7 aromatic carbocycles. The summed E-state index contributed by atoms with van der Waals surface area (Å²) in [4.78, 5) is 10.5. The zero-order chi connectivity index (χ0) is 46.7. The number of para-hydroxylation sites is 1. The van der Waals surface area contributed by atoms with E-state index in [9.17, 15) is 5.11 Å². The molecule has 1 N–H and O–H groups in total. The van der Waals surface area contributed by atoms with Crippen LogP contribution in [0.4, 0.5) is 0 Å². The van der Waals surface area contributed by atoms with Crippen molar-refractivity contribution in [2.45, 2.75) is 73.1 Å². The predicted octanol–water partition coefficient (Wildman–Crippen LogP) is 15.6. The molecule has 0 aliphatic carbocycles. The Morgan fingerprint density at radius 2 is 1.17 bits per heavy atom. The monoisotopic (exact) mass is 824 g/mol. The summed E-state index contributed by atoms with van der Waals surface area (Å²) in [5, 5.41) is 11.9. The van der Waals surface area contributed by atoms with E-state index in [1.165, 1.54) is 5.56 Å². The highest BCUT2D eigenvalue weighted by molar-refractivity contribution is 5.98. The molecule has 0 saturated carbocycles. The van der Waals surface area contributed by atoms with Gasteiger partial charge in [0, 0.05) is 27.0 Å². The van der Waals surface area contributed by atoms with Crippen LogP contribution in [0.25, 0.3) is 83.9 Å². The number of benzene rings is 7. The number of pyridine rings is 1. The molecular formula is C59H55N3O. The second-order valence-corrected chi connectivity index (χ2v) is 18.9. The third-order valence-electron chi connectivity index (χ3n) is 12.2. The van der Waals surface area contributed by atoms with Gasteiger partial charge in [-0.1, -0.05) is 151 Å². The second kappa shape index (κ2) is 16.0. The first-order valence-electron chi connectivity index (χ1n) is 23.2. The largest absolute Gasteiger partial charge is 0.507 e. The molecule has 0 radical (unpaired) electrons. The number of phenolic OH excluding ortho intramolecular Hbond substituents is 1. The first-order chi connectivity index (χ1) is 31.3. The Hall–Kier alpha value is -7.04. The zero-order valence-corrected chi connectivity index (χ0v) is 37.4. The van der Waals surface area contributed by atoms with Crippen LogP contribution in [0.3, 0.4) is 0 Å². The van der Waals surface area contributed by atoms with E-state index in [0.29, 0.717) is 17.0 Å². The van der Waals surface area contributed by atoms with Gasteiger partial charge in [0.2, 0.25) is 0 Å². The Morgan fingerprint density at radius 1 is 0.508 bits per heavy atom. The van der Waals surface area contributed by atoms with Crippen LogP contribution in [-0.2, 0) is 10.8 Å². The van der Waals surface area contributed by atoms with E-state index < -0.39 is 6.85 Å². The molecule has 0 aliphatic rings. The molecule has 0 atom stereocenters. The zero-order valence-electron chi connectivity index (χ0n) is 40.4. The fraction of sp³-hybridized carbons (Fsp3) is 0.186. The molecule has 0 aliphatic heterocycles. The van der Waals surface area contributed by atoms with Gasteiger partial charge in [-0.3, -0.25) is 9.55 Å². The smallest absolute Gasteiger partial charge is 0.149 e. The Kier molecular flexibility index (Phi) is 9.58. The Morgan fingerprint density at radius 3 is 1.84 bits per heavy atom. The quantitative estimate of drug-likeness (QED) is 0.174. The predicted molar refractivity (Wildman–Crippen MR) is 265 cm³/mol. The second-order valence-electron chi connectivity index (χ2n) is 18.9. The van der Waals surface area contributed by atoms with E-state index in [1.807, 2.05) is 105 Å². The van der Waals surface area contributed by atoms with Gasteiger partial charge in [0.25, 0.3) is 0 Å². The van der Waals surface area contributed by atoms with E-state index in [4.69, 9.17) is 14.1 Å². The molecule has 0 saturated heterocycles. The summed E-state index contributed by atoms with van der Waals surface area (Å²) in [6, 6.07) is 53.4. The highest BCUT2D eigenvalue weighted by Crippen LogP contribution is 2.44. The Balaban J connectivity index is 1.33. The number of phenols is 1. The van der Waals surface area contributed by atoms with Gasteiger partial charge >= 0.3 is 0 Å². The van der Waals surface area contributed by atoms with Crippen LogP contribution < -0.4 is 0 Å². The van der Waals surface area contributed by atoms with E-state index in [0.717, 1.165) is 83.6 Å². The number of hydrogen-bond acceptors (Lipinski definition) is 3. The topological polar surface area (TPSA) is 50.9 Å². The molecule has 9 rings (SSSR count). The lowest BCUT2D eigenvalue weighted by Gasteiger charge is -2.22. The molecule has 0 fully saturated rings. The van der Waals surface area contributed by atoms with E-state index >= 15 is 0 Å². The number of aryl methyl sites for hydroxylation is 3. The van der Waals surface area contributed by atoms with Crippen molar-refractivity contribution in [2.24, 2.45) is 0 Å². The van der Waals surface area contributed by atoms with Gasteiger partial charge in [-0.05, 0) is 141 Å². The molecule has 4 heteroatoms. The minimum absolute atomic E-state index is 0.0597. The minimum atomic E-state index is -2.41. The Labute approximate surface area is 376 Å². The third-order valence-corrected chi connectivity index (χ3v) is 12.2. The van der Waals surface area contributed by atoms with Crippen molar-refractivity contribution in [1.82, 2.24) is 14.5 Å². The van der Waals surface area contributed by atoms with E-state index in [-0.39, 0.29) is 22.1 Å². The number of fused-ring (bicyclic) bond motifs is 1. The molecular weight excluding hydrogens is 767 g/mol. The number of rotatable bonds is 7. The molecule has 0 spiro atoms. The summed E-state index contributed by atoms with van der Waals surface area (Å²) < 4.78 is 28.4. The van der Waals surface area contributed by atoms with E-state index in [2.05, 4.69) is 119 Å². The molecule has 0 amide bonds. The van der Waals surface area contributed by atoms with Crippen LogP contribution in [-0.4, -0.2) is 19.6 Å². The SMILES string of the molecule is [2H]C([2H])([2H])c1cc(-c2ccccc2)c(-n2c(-c3cc(C)cc(C)c3O)nc3c(-c4cc(-c5cc(-c6ccc(C(C)(C)C)cc6)ccn5)cc(C(C)(C)C)c4)cccc32)cc1-c1ccccc1. The van der Waals surface area contributed by atoms with E-state index in [1.54, 1.807) is 0 Å². The molecule has 9 aromatic rings.